The maximum atomic E-state index is 13.6. The molecule has 1 amide bonds. The largest absolute Gasteiger partial charge is 0.507 e. The van der Waals surface area contributed by atoms with E-state index in [1.807, 2.05) is 45.0 Å². The zero-order valence-electron chi connectivity index (χ0n) is 23.0. The van der Waals surface area contributed by atoms with Crippen molar-refractivity contribution >= 4 is 45.7 Å². The minimum absolute atomic E-state index is 0.0686. The number of hydrogen-bond acceptors (Lipinski definition) is 9. The lowest BCUT2D eigenvalue weighted by molar-refractivity contribution is -0.132. The van der Waals surface area contributed by atoms with E-state index in [1.165, 1.54) is 39.6 Å². The number of thioether (sulfide) groups is 1. The highest BCUT2D eigenvalue weighted by atomic mass is 32.2. The minimum atomic E-state index is -1.02. The third-order valence-electron chi connectivity index (χ3n) is 6.78. The molecule has 0 saturated carbocycles. The first-order valence-electron chi connectivity index (χ1n) is 13.0. The van der Waals surface area contributed by atoms with Gasteiger partial charge in [0.2, 0.25) is 5.13 Å². The monoisotopic (exact) mass is 587 g/mol. The Morgan fingerprint density at radius 1 is 1.00 bits per heavy atom. The number of benzene rings is 3. The number of nitrogens with zero attached hydrogens (tertiary/aromatic N) is 3. The molecular weight excluding hydrogens is 558 g/mol. The summed E-state index contributed by atoms with van der Waals surface area (Å²) in [4.78, 5) is 28.4. The molecule has 1 saturated heterocycles. The molecule has 0 aliphatic carbocycles. The van der Waals surface area contributed by atoms with Gasteiger partial charge in [-0.05, 0) is 62.6 Å². The van der Waals surface area contributed by atoms with E-state index in [0.29, 0.717) is 27.8 Å². The zero-order chi connectivity index (χ0) is 29.3. The van der Waals surface area contributed by atoms with Crippen molar-refractivity contribution in [2.45, 2.75) is 43.8 Å². The van der Waals surface area contributed by atoms with Crippen LogP contribution in [0.4, 0.5) is 5.13 Å². The number of carbonyl (C=O) groups is 2. The maximum absolute atomic E-state index is 13.6. The van der Waals surface area contributed by atoms with Gasteiger partial charge in [0, 0.05) is 11.3 Å². The number of amides is 1. The van der Waals surface area contributed by atoms with Crippen molar-refractivity contribution in [3.8, 4) is 11.5 Å². The number of aliphatic hydroxyl groups excluding tert-OH is 1. The molecule has 2 N–H and O–H groups in total. The summed E-state index contributed by atoms with van der Waals surface area (Å²) in [5.74, 6) is -1.13. The van der Waals surface area contributed by atoms with Gasteiger partial charge in [0.05, 0.1) is 18.2 Å². The van der Waals surface area contributed by atoms with Gasteiger partial charge in [-0.1, -0.05) is 76.7 Å². The number of ether oxygens (including phenoxy) is 1. The number of ketones is 1. The first kappa shape index (κ1) is 28.4. The third kappa shape index (κ3) is 5.71. The summed E-state index contributed by atoms with van der Waals surface area (Å²) in [6, 6.07) is 17.4. The Balaban J connectivity index is 1.59. The van der Waals surface area contributed by atoms with Crippen molar-refractivity contribution in [3.63, 3.8) is 0 Å². The van der Waals surface area contributed by atoms with Crippen LogP contribution in [0.5, 0.6) is 11.5 Å². The summed E-state index contributed by atoms with van der Waals surface area (Å²) >= 11 is 2.68. The Kier molecular flexibility index (Phi) is 8.14. The molecule has 10 heteroatoms. The van der Waals surface area contributed by atoms with E-state index in [9.17, 15) is 19.8 Å². The van der Waals surface area contributed by atoms with Gasteiger partial charge in [0.25, 0.3) is 5.78 Å². The van der Waals surface area contributed by atoms with Crippen LogP contribution in [0.1, 0.15) is 46.3 Å². The van der Waals surface area contributed by atoms with E-state index in [-0.39, 0.29) is 28.0 Å². The number of phenols is 1. The number of rotatable bonds is 8. The SMILES string of the molecule is CCOc1cc(C2C(=C(O)c3cc(C)ccc3C)C(=O)C(=O)N2c2nnc(SCc3ccc(C)cc3)s2)ccc1O. The van der Waals surface area contributed by atoms with Crippen LogP contribution >= 0.6 is 23.1 Å². The lowest BCUT2D eigenvalue weighted by atomic mass is 9.93. The summed E-state index contributed by atoms with van der Waals surface area (Å²) in [6.07, 6.45) is 0. The summed E-state index contributed by atoms with van der Waals surface area (Å²) in [5, 5.41) is 30.7. The lowest BCUT2D eigenvalue weighted by Crippen LogP contribution is -2.29. The van der Waals surface area contributed by atoms with E-state index >= 15 is 0 Å². The smallest absolute Gasteiger partial charge is 0.301 e. The Labute approximate surface area is 246 Å². The minimum Gasteiger partial charge on any atom is -0.507 e. The molecule has 0 spiro atoms. The summed E-state index contributed by atoms with van der Waals surface area (Å²) in [7, 11) is 0. The van der Waals surface area contributed by atoms with Crippen LogP contribution in [-0.4, -0.2) is 38.7 Å². The Bertz CT molecular complexity index is 1660. The lowest BCUT2D eigenvalue weighted by Gasteiger charge is -2.23. The number of hydrogen-bond donors (Lipinski definition) is 2. The molecule has 0 bridgehead atoms. The number of aryl methyl sites for hydroxylation is 3. The number of carbonyl (C=O) groups excluding carboxylic acids is 2. The van der Waals surface area contributed by atoms with Crippen LogP contribution in [-0.2, 0) is 15.3 Å². The molecule has 41 heavy (non-hydrogen) atoms. The fourth-order valence-corrected chi connectivity index (χ4v) is 6.46. The van der Waals surface area contributed by atoms with E-state index in [4.69, 9.17) is 4.74 Å². The summed E-state index contributed by atoms with van der Waals surface area (Å²) < 4.78 is 6.22. The average Bonchev–Trinajstić information content (AvgIpc) is 3.52. The molecule has 1 atom stereocenters. The van der Waals surface area contributed by atoms with Crippen molar-refractivity contribution in [2.75, 3.05) is 11.5 Å². The molecule has 5 rings (SSSR count). The quantitative estimate of drug-likeness (QED) is 0.0791. The number of aliphatic hydroxyl groups is 1. The number of aromatic hydroxyl groups is 1. The first-order valence-corrected chi connectivity index (χ1v) is 14.8. The topological polar surface area (TPSA) is 113 Å². The molecule has 8 nitrogen and oxygen atoms in total. The molecule has 0 radical (unpaired) electrons. The van der Waals surface area contributed by atoms with Crippen molar-refractivity contribution in [1.29, 1.82) is 0 Å². The van der Waals surface area contributed by atoms with Crippen LogP contribution in [0.25, 0.3) is 5.76 Å². The van der Waals surface area contributed by atoms with Crippen molar-refractivity contribution in [1.82, 2.24) is 10.2 Å². The number of phenolic OH excluding ortho intramolecular Hbond substituents is 1. The Morgan fingerprint density at radius 3 is 2.46 bits per heavy atom. The molecule has 3 aromatic carbocycles. The summed E-state index contributed by atoms with van der Waals surface area (Å²) in [6.45, 7) is 7.84. The molecule has 2 heterocycles. The van der Waals surface area contributed by atoms with Gasteiger partial charge in [-0.2, -0.15) is 0 Å². The van der Waals surface area contributed by atoms with Crippen LogP contribution in [0.3, 0.4) is 0 Å². The van der Waals surface area contributed by atoms with E-state index in [1.54, 1.807) is 25.1 Å². The Hall–Kier alpha value is -4.15. The number of anilines is 1. The van der Waals surface area contributed by atoms with E-state index < -0.39 is 17.7 Å². The highest BCUT2D eigenvalue weighted by molar-refractivity contribution is 8.00. The van der Waals surface area contributed by atoms with E-state index in [0.717, 1.165) is 16.7 Å². The first-order chi connectivity index (χ1) is 19.7. The maximum Gasteiger partial charge on any atom is 0.301 e. The molecular formula is C31H29N3O5S2. The van der Waals surface area contributed by atoms with Crippen LogP contribution in [0, 0.1) is 20.8 Å². The summed E-state index contributed by atoms with van der Waals surface area (Å²) in [5.41, 5.74) is 4.81. The second kappa shape index (κ2) is 11.8. The predicted molar refractivity (Wildman–Crippen MR) is 161 cm³/mol. The van der Waals surface area contributed by atoms with Crippen LogP contribution in [0.15, 0.2) is 70.6 Å². The van der Waals surface area contributed by atoms with Gasteiger partial charge in [-0.15, -0.1) is 10.2 Å². The molecule has 1 aliphatic heterocycles. The molecule has 1 unspecified atom stereocenters. The molecule has 1 aromatic heterocycles. The predicted octanol–water partition coefficient (Wildman–Crippen LogP) is 6.49. The van der Waals surface area contributed by atoms with Crippen LogP contribution < -0.4 is 9.64 Å². The normalized spacial score (nSPS) is 16.4. The second-order valence-corrected chi connectivity index (χ2v) is 12.0. The van der Waals surface area contributed by atoms with Gasteiger partial charge < -0.3 is 14.9 Å². The molecule has 210 valence electrons. The fraction of sp³-hybridized carbons (Fsp3) is 0.226. The highest BCUT2D eigenvalue weighted by Gasteiger charge is 2.48. The van der Waals surface area contributed by atoms with Gasteiger partial charge in [0.1, 0.15) is 5.76 Å². The van der Waals surface area contributed by atoms with Gasteiger partial charge in [-0.3, -0.25) is 14.5 Å². The third-order valence-corrected chi connectivity index (χ3v) is 8.90. The van der Waals surface area contributed by atoms with Crippen molar-refractivity contribution < 1.29 is 24.5 Å². The second-order valence-electron chi connectivity index (χ2n) is 9.77. The van der Waals surface area contributed by atoms with Crippen molar-refractivity contribution in [2.24, 2.45) is 0 Å². The van der Waals surface area contributed by atoms with E-state index in [2.05, 4.69) is 22.3 Å². The average molecular weight is 588 g/mol. The number of Topliss-reactive ketones (excluding diaryl/α,β-unsaturated/α-hetero) is 1. The highest BCUT2D eigenvalue weighted by Crippen LogP contribution is 2.45. The molecule has 4 aromatic rings. The van der Waals surface area contributed by atoms with Gasteiger partial charge >= 0.3 is 5.91 Å². The van der Waals surface area contributed by atoms with Crippen molar-refractivity contribution in [3.05, 3.63) is 99.6 Å². The zero-order valence-corrected chi connectivity index (χ0v) is 24.7. The Morgan fingerprint density at radius 2 is 1.73 bits per heavy atom. The standard InChI is InChI=1S/C31H29N3O5S2/c1-5-39-24-15-21(12-13-23(24)35)26-25(27(36)22-14-18(3)6-9-19(22)4)28(37)29(38)34(26)30-32-33-31(41-30)40-16-20-10-7-17(2)8-11-20/h6-15,26,35-36H,5,16H2,1-4H3. The fourth-order valence-electron chi connectivity index (χ4n) is 4.64. The molecule has 1 fully saturated rings. The number of aromatic nitrogens is 2. The van der Waals surface area contributed by atoms with Gasteiger partial charge in [0.15, 0.2) is 15.8 Å². The van der Waals surface area contributed by atoms with Crippen LogP contribution in [0.2, 0.25) is 0 Å². The van der Waals surface area contributed by atoms with Gasteiger partial charge in [-0.25, -0.2) is 0 Å². The molecule has 1 aliphatic rings.